The van der Waals surface area contributed by atoms with E-state index in [9.17, 15) is 18.0 Å². The standard InChI is InChI=1S/C19H23N3O5S/c1-13-10-15-11-17(5-6-18(15)22(13)14(2)23)28(25,26)21-8-7-19(24)20-12-16-4-3-9-27-16/h3-6,9,11,13,21H,7-8,10,12H2,1-2H3,(H,20,24)/t13-/m0/s1. The van der Waals surface area contributed by atoms with Gasteiger partial charge in [-0.25, -0.2) is 13.1 Å². The number of carbonyl (C=O) groups excluding carboxylic acids is 2. The van der Waals surface area contributed by atoms with E-state index in [1.807, 2.05) is 6.92 Å². The number of carbonyl (C=O) groups is 2. The molecular formula is C19H23N3O5S. The minimum atomic E-state index is -3.74. The van der Waals surface area contributed by atoms with Gasteiger partial charge in [0.15, 0.2) is 0 Å². The van der Waals surface area contributed by atoms with Gasteiger partial charge in [-0.3, -0.25) is 9.59 Å². The number of sulfonamides is 1. The van der Waals surface area contributed by atoms with Gasteiger partial charge in [-0.05, 0) is 49.2 Å². The van der Waals surface area contributed by atoms with Gasteiger partial charge >= 0.3 is 0 Å². The summed E-state index contributed by atoms with van der Waals surface area (Å²) in [6, 6.07) is 8.19. The van der Waals surface area contributed by atoms with E-state index in [2.05, 4.69) is 10.0 Å². The van der Waals surface area contributed by atoms with Gasteiger partial charge in [0, 0.05) is 31.6 Å². The highest BCUT2D eigenvalue weighted by Crippen LogP contribution is 2.33. The molecular weight excluding hydrogens is 382 g/mol. The molecule has 150 valence electrons. The SMILES string of the molecule is CC(=O)N1c2ccc(S(=O)(=O)NCCC(=O)NCc3ccco3)cc2C[C@@H]1C. The number of nitrogens with zero attached hydrogens (tertiary/aromatic N) is 1. The molecule has 3 rings (SSSR count). The summed E-state index contributed by atoms with van der Waals surface area (Å²) in [6.45, 7) is 3.66. The van der Waals surface area contributed by atoms with E-state index >= 15 is 0 Å². The van der Waals surface area contributed by atoms with Crippen molar-refractivity contribution in [3.05, 3.63) is 47.9 Å². The fourth-order valence-electron chi connectivity index (χ4n) is 3.32. The molecule has 1 aliphatic rings. The molecule has 0 saturated carbocycles. The average molecular weight is 405 g/mol. The first-order valence-corrected chi connectivity index (χ1v) is 10.5. The minimum Gasteiger partial charge on any atom is -0.467 e. The molecule has 2 N–H and O–H groups in total. The zero-order valence-corrected chi connectivity index (χ0v) is 16.6. The molecule has 2 heterocycles. The number of anilines is 1. The molecule has 0 saturated heterocycles. The molecule has 0 fully saturated rings. The van der Waals surface area contributed by atoms with Crippen LogP contribution in [0.25, 0.3) is 0 Å². The second-order valence-corrected chi connectivity index (χ2v) is 8.50. The third kappa shape index (κ3) is 4.42. The van der Waals surface area contributed by atoms with Crippen LogP contribution in [0, 0.1) is 0 Å². The number of rotatable bonds is 7. The van der Waals surface area contributed by atoms with Crippen LogP contribution >= 0.6 is 0 Å². The van der Waals surface area contributed by atoms with Gasteiger partial charge in [0.05, 0.1) is 17.7 Å². The lowest BCUT2D eigenvalue weighted by atomic mass is 10.1. The van der Waals surface area contributed by atoms with Crippen molar-refractivity contribution in [2.45, 2.75) is 44.2 Å². The first-order valence-electron chi connectivity index (χ1n) is 8.99. The van der Waals surface area contributed by atoms with E-state index in [1.165, 1.54) is 19.3 Å². The molecule has 2 amide bonds. The van der Waals surface area contributed by atoms with Gasteiger partial charge in [-0.2, -0.15) is 0 Å². The summed E-state index contributed by atoms with van der Waals surface area (Å²) in [6.07, 6.45) is 2.14. The highest BCUT2D eigenvalue weighted by Gasteiger charge is 2.30. The first kappa shape index (κ1) is 20.1. The fraction of sp³-hybridized carbons (Fsp3) is 0.368. The van der Waals surface area contributed by atoms with Gasteiger partial charge in [-0.1, -0.05) is 0 Å². The number of hydrogen-bond acceptors (Lipinski definition) is 5. The summed E-state index contributed by atoms with van der Waals surface area (Å²) in [5.74, 6) is 0.278. The summed E-state index contributed by atoms with van der Waals surface area (Å²) < 4.78 is 32.6. The molecule has 2 aromatic rings. The zero-order valence-electron chi connectivity index (χ0n) is 15.8. The third-order valence-electron chi connectivity index (χ3n) is 4.60. The number of fused-ring (bicyclic) bond motifs is 1. The summed E-state index contributed by atoms with van der Waals surface area (Å²) in [5.41, 5.74) is 1.57. The predicted molar refractivity (Wildman–Crippen MR) is 103 cm³/mol. The Kier molecular flexibility index (Phi) is 5.85. The van der Waals surface area contributed by atoms with Crippen LogP contribution in [0.15, 0.2) is 45.9 Å². The fourth-order valence-corrected chi connectivity index (χ4v) is 4.41. The van der Waals surface area contributed by atoms with Crippen LogP contribution in [-0.4, -0.2) is 32.8 Å². The Morgan fingerprint density at radius 3 is 2.75 bits per heavy atom. The number of amides is 2. The van der Waals surface area contributed by atoms with E-state index in [4.69, 9.17) is 4.42 Å². The van der Waals surface area contributed by atoms with Crippen LogP contribution in [0.1, 0.15) is 31.6 Å². The van der Waals surface area contributed by atoms with E-state index < -0.39 is 10.0 Å². The number of nitrogens with one attached hydrogen (secondary N) is 2. The Morgan fingerprint density at radius 1 is 1.29 bits per heavy atom. The Bertz CT molecular complexity index is 969. The van der Waals surface area contributed by atoms with Crippen LogP contribution in [0.5, 0.6) is 0 Å². The van der Waals surface area contributed by atoms with E-state index in [0.29, 0.717) is 12.2 Å². The van der Waals surface area contributed by atoms with Crippen LogP contribution in [0.4, 0.5) is 5.69 Å². The molecule has 1 aliphatic heterocycles. The highest BCUT2D eigenvalue weighted by atomic mass is 32.2. The van der Waals surface area contributed by atoms with Crippen LogP contribution in [0.2, 0.25) is 0 Å². The number of hydrogen-bond donors (Lipinski definition) is 2. The molecule has 28 heavy (non-hydrogen) atoms. The number of furan rings is 1. The maximum Gasteiger partial charge on any atom is 0.240 e. The van der Waals surface area contributed by atoms with Crippen molar-refractivity contribution in [3.8, 4) is 0 Å². The Hall–Kier alpha value is -2.65. The van der Waals surface area contributed by atoms with Crippen molar-refractivity contribution < 1.29 is 22.4 Å². The largest absolute Gasteiger partial charge is 0.467 e. The van der Waals surface area contributed by atoms with Gasteiger partial charge in [0.25, 0.3) is 0 Å². The third-order valence-corrected chi connectivity index (χ3v) is 6.06. The number of benzene rings is 1. The van der Waals surface area contributed by atoms with E-state index in [1.54, 1.807) is 29.2 Å². The first-order chi connectivity index (χ1) is 13.3. The van der Waals surface area contributed by atoms with Crippen molar-refractivity contribution >= 4 is 27.5 Å². The van der Waals surface area contributed by atoms with Crippen LogP contribution < -0.4 is 14.9 Å². The topological polar surface area (TPSA) is 109 Å². The highest BCUT2D eigenvalue weighted by molar-refractivity contribution is 7.89. The van der Waals surface area contributed by atoms with Gasteiger partial charge in [-0.15, -0.1) is 0 Å². The van der Waals surface area contributed by atoms with E-state index in [-0.39, 0.29) is 42.3 Å². The lowest BCUT2D eigenvalue weighted by molar-refractivity contribution is -0.121. The molecule has 0 spiro atoms. The molecule has 1 aromatic heterocycles. The molecule has 1 aromatic carbocycles. The Labute approximate surface area is 164 Å². The second-order valence-electron chi connectivity index (χ2n) is 6.74. The molecule has 0 radical (unpaired) electrons. The van der Waals surface area contributed by atoms with Crippen molar-refractivity contribution in [3.63, 3.8) is 0 Å². The summed E-state index contributed by atoms with van der Waals surface area (Å²) >= 11 is 0. The summed E-state index contributed by atoms with van der Waals surface area (Å²) in [7, 11) is -3.74. The van der Waals surface area contributed by atoms with Gasteiger partial charge in [0.1, 0.15) is 5.76 Å². The smallest absolute Gasteiger partial charge is 0.240 e. The van der Waals surface area contributed by atoms with Crippen LogP contribution in [0.3, 0.4) is 0 Å². The summed E-state index contributed by atoms with van der Waals surface area (Å²) in [5, 5.41) is 2.66. The predicted octanol–water partition coefficient (Wildman–Crippen LogP) is 1.56. The quantitative estimate of drug-likeness (QED) is 0.727. The second kappa shape index (κ2) is 8.15. The average Bonchev–Trinajstić information content (AvgIpc) is 3.25. The zero-order chi connectivity index (χ0) is 20.3. The normalized spacial score (nSPS) is 16.1. The van der Waals surface area contributed by atoms with E-state index in [0.717, 1.165) is 11.3 Å². The lowest BCUT2D eigenvalue weighted by Crippen LogP contribution is -2.33. The molecule has 0 aliphatic carbocycles. The van der Waals surface area contributed by atoms with Crippen LogP contribution in [-0.2, 0) is 32.6 Å². The Balaban J connectivity index is 1.57. The van der Waals surface area contributed by atoms with Crippen molar-refractivity contribution in [2.24, 2.45) is 0 Å². The van der Waals surface area contributed by atoms with Crippen molar-refractivity contribution in [2.75, 3.05) is 11.4 Å². The molecule has 8 nitrogen and oxygen atoms in total. The van der Waals surface area contributed by atoms with Crippen molar-refractivity contribution in [1.82, 2.24) is 10.0 Å². The molecule has 1 atom stereocenters. The monoisotopic (exact) mass is 405 g/mol. The molecule has 9 heteroatoms. The summed E-state index contributed by atoms with van der Waals surface area (Å²) in [4.78, 5) is 25.4. The van der Waals surface area contributed by atoms with Gasteiger partial charge < -0.3 is 14.6 Å². The Morgan fingerprint density at radius 2 is 2.07 bits per heavy atom. The maximum absolute atomic E-state index is 12.5. The maximum atomic E-state index is 12.5. The minimum absolute atomic E-state index is 0.00345. The molecule has 0 bridgehead atoms. The lowest BCUT2D eigenvalue weighted by Gasteiger charge is -2.20. The van der Waals surface area contributed by atoms with Crippen molar-refractivity contribution in [1.29, 1.82) is 0 Å². The molecule has 0 unspecified atom stereocenters. The van der Waals surface area contributed by atoms with Gasteiger partial charge in [0.2, 0.25) is 21.8 Å².